The van der Waals surface area contributed by atoms with Crippen molar-refractivity contribution >= 4 is 35.1 Å². The highest BCUT2D eigenvalue weighted by molar-refractivity contribution is 7.10. The second kappa shape index (κ2) is 11.7. The van der Waals surface area contributed by atoms with Crippen molar-refractivity contribution in [2.75, 3.05) is 18.4 Å². The largest absolute Gasteiger partial charge is 0.416 e. The summed E-state index contributed by atoms with van der Waals surface area (Å²) in [6.07, 6.45) is -0.850. The molecule has 1 aliphatic rings. The van der Waals surface area contributed by atoms with Crippen LogP contribution in [0, 0.1) is 0 Å². The maximum absolute atomic E-state index is 13.2. The van der Waals surface area contributed by atoms with Crippen molar-refractivity contribution in [2.45, 2.75) is 44.2 Å². The molecule has 0 unspecified atom stereocenters. The number of unbranched alkanes of at least 4 members (excludes halogenated alkanes) is 1. The van der Waals surface area contributed by atoms with Gasteiger partial charge < -0.3 is 15.0 Å². The zero-order valence-corrected chi connectivity index (χ0v) is 20.8. The van der Waals surface area contributed by atoms with Gasteiger partial charge in [-0.15, -0.1) is 11.3 Å². The van der Waals surface area contributed by atoms with Gasteiger partial charge in [0.15, 0.2) is 0 Å². The highest BCUT2D eigenvalue weighted by atomic mass is 32.1. The number of hydrogen-bond acceptors (Lipinski definition) is 5. The molecule has 0 bridgehead atoms. The first-order valence-corrected chi connectivity index (χ1v) is 12.9. The van der Waals surface area contributed by atoms with Crippen molar-refractivity contribution in [3.05, 3.63) is 70.2 Å². The summed E-state index contributed by atoms with van der Waals surface area (Å²) < 4.78 is 39.6. The number of aromatic nitrogens is 1. The van der Waals surface area contributed by atoms with Gasteiger partial charge in [-0.3, -0.25) is 9.59 Å². The van der Waals surface area contributed by atoms with Crippen molar-refractivity contribution in [3.63, 3.8) is 0 Å². The molecule has 4 rings (SSSR count). The average Bonchev–Trinajstić information content (AvgIpc) is 3.39. The first kappa shape index (κ1) is 26.5. The number of rotatable bonds is 8. The second-order valence-corrected chi connectivity index (χ2v) is 9.75. The number of piperidine rings is 1. The number of para-hydroxylation sites is 1. The van der Waals surface area contributed by atoms with Gasteiger partial charge in [-0.1, -0.05) is 30.3 Å². The summed E-state index contributed by atoms with van der Waals surface area (Å²) in [5, 5.41) is 5.29. The number of alkyl halides is 3. The molecule has 1 saturated heterocycles. The number of likely N-dealkylation sites (tertiary alicyclic amines) is 1. The van der Waals surface area contributed by atoms with E-state index in [-0.39, 0.29) is 17.5 Å². The summed E-state index contributed by atoms with van der Waals surface area (Å²) >= 11 is 1.39. The van der Waals surface area contributed by atoms with E-state index < -0.39 is 17.6 Å². The number of nitrogens with one attached hydrogen (secondary N) is 1. The number of hydrogen-bond donors (Lipinski definition) is 1. The molecule has 1 fully saturated rings. The molecule has 0 spiro atoms. The molecule has 10 heteroatoms. The van der Waals surface area contributed by atoms with Gasteiger partial charge in [0.2, 0.25) is 5.91 Å². The first-order chi connectivity index (χ1) is 17.8. The van der Waals surface area contributed by atoms with Gasteiger partial charge in [-0.2, -0.15) is 13.2 Å². The Labute approximate surface area is 216 Å². The van der Waals surface area contributed by atoms with Crippen molar-refractivity contribution in [1.82, 2.24) is 9.88 Å². The summed E-state index contributed by atoms with van der Waals surface area (Å²) in [6, 6.07) is 11.7. The van der Waals surface area contributed by atoms with Crippen molar-refractivity contribution in [1.29, 1.82) is 0 Å². The maximum atomic E-state index is 13.2. The number of amides is 2. The van der Waals surface area contributed by atoms with E-state index in [4.69, 9.17) is 0 Å². The molecule has 6 nitrogen and oxygen atoms in total. The Morgan fingerprint density at radius 3 is 2.59 bits per heavy atom. The monoisotopic (exact) mass is 529 g/mol. The van der Waals surface area contributed by atoms with E-state index in [0.717, 1.165) is 36.3 Å². The number of halogens is 3. The average molecular weight is 530 g/mol. The third-order valence-electron chi connectivity index (χ3n) is 6.34. The lowest BCUT2D eigenvalue weighted by Gasteiger charge is -2.31. The number of carbonyl (C=O) groups is 3. The lowest BCUT2D eigenvalue weighted by molar-refractivity contribution is -0.137. The Morgan fingerprint density at radius 2 is 1.86 bits per heavy atom. The van der Waals surface area contributed by atoms with Crippen molar-refractivity contribution in [2.24, 2.45) is 0 Å². The fourth-order valence-corrected chi connectivity index (χ4v) is 5.31. The Bertz CT molecular complexity index is 1270. The van der Waals surface area contributed by atoms with E-state index in [1.807, 2.05) is 4.90 Å². The fourth-order valence-electron chi connectivity index (χ4n) is 4.34. The Balaban J connectivity index is 1.41. The number of aldehydes is 1. The van der Waals surface area contributed by atoms with Crippen LogP contribution in [-0.4, -0.2) is 41.1 Å². The first-order valence-electron chi connectivity index (χ1n) is 12.0. The van der Waals surface area contributed by atoms with Gasteiger partial charge in [0, 0.05) is 48.5 Å². The van der Waals surface area contributed by atoms with Crippen LogP contribution < -0.4 is 5.32 Å². The maximum Gasteiger partial charge on any atom is 0.416 e. The predicted octanol–water partition coefficient (Wildman–Crippen LogP) is 6.16. The number of carbonyl (C=O) groups excluding carboxylic acids is 3. The summed E-state index contributed by atoms with van der Waals surface area (Å²) in [5.41, 5.74) is 0.692. The number of anilines is 1. The van der Waals surface area contributed by atoms with E-state index >= 15 is 0 Å². The molecule has 194 valence electrons. The molecule has 0 atom stereocenters. The topological polar surface area (TPSA) is 79.4 Å². The Kier molecular flexibility index (Phi) is 8.38. The molecule has 1 aliphatic heterocycles. The SMILES string of the molecule is O=CCCCC(=O)N1CCC(c2nc(C(=O)Nc3ccccc3-c3cccc(C(F)(F)F)c3)cs2)CC1. The van der Waals surface area contributed by atoms with Crippen LogP contribution in [0.2, 0.25) is 0 Å². The van der Waals surface area contributed by atoms with Crippen molar-refractivity contribution < 1.29 is 27.6 Å². The third kappa shape index (κ3) is 6.62. The van der Waals surface area contributed by atoms with Gasteiger partial charge in [0.05, 0.1) is 10.6 Å². The molecule has 1 N–H and O–H groups in total. The highest BCUT2D eigenvalue weighted by Crippen LogP contribution is 2.35. The molecule has 0 radical (unpaired) electrons. The molecule has 0 saturated carbocycles. The van der Waals surface area contributed by atoms with E-state index in [2.05, 4.69) is 10.3 Å². The molecule has 2 amide bonds. The quantitative estimate of drug-likeness (QED) is 0.280. The van der Waals surface area contributed by atoms with Gasteiger partial charge in [-0.25, -0.2) is 4.98 Å². The standard InChI is InChI=1S/C27H26F3N3O3S/c28-27(29,30)20-7-5-6-19(16-20)21-8-1-2-9-22(21)31-25(36)23-17-37-26(32-23)18-11-13-33(14-12-18)24(35)10-3-4-15-34/h1-2,5-9,15-18H,3-4,10-14H2,(H,31,36). The number of benzene rings is 2. The van der Waals surface area contributed by atoms with E-state index in [1.165, 1.54) is 17.4 Å². The summed E-state index contributed by atoms with van der Waals surface area (Å²) in [6.45, 7) is 1.21. The van der Waals surface area contributed by atoms with Gasteiger partial charge in [0.1, 0.15) is 12.0 Å². The third-order valence-corrected chi connectivity index (χ3v) is 7.35. The Morgan fingerprint density at radius 1 is 1.11 bits per heavy atom. The van der Waals surface area contributed by atoms with Gasteiger partial charge in [-0.05, 0) is 43.0 Å². The van der Waals surface area contributed by atoms with Crippen LogP contribution in [-0.2, 0) is 15.8 Å². The zero-order chi connectivity index (χ0) is 26.4. The Hall–Kier alpha value is -3.53. The van der Waals surface area contributed by atoms with Crippen LogP contribution in [0.4, 0.5) is 18.9 Å². The van der Waals surface area contributed by atoms with E-state index in [9.17, 15) is 27.6 Å². The zero-order valence-electron chi connectivity index (χ0n) is 20.0. The molecule has 37 heavy (non-hydrogen) atoms. The molecule has 3 aromatic rings. The molecular weight excluding hydrogens is 503 g/mol. The van der Waals surface area contributed by atoms with Gasteiger partial charge in [0.25, 0.3) is 5.91 Å². The molecule has 1 aromatic heterocycles. The van der Waals surface area contributed by atoms with Crippen LogP contribution in [0.3, 0.4) is 0 Å². The predicted molar refractivity (Wildman–Crippen MR) is 135 cm³/mol. The van der Waals surface area contributed by atoms with E-state index in [1.54, 1.807) is 35.7 Å². The minimum absolute atomic E-state index is 0.0546. The normalized spacial score (nSPS) is 14.4. The molecule has 2 heterocycles. The summed E-state index contributed by atoms with van der Waals surface area (Å²) in [7, 11) is 0. The van der Waals surface area contributed by atoms with Crippen LogP contribution >= 0.6 is 11.3 Å². The lowest BCUT2D eigenvalue weighted by Crippen LogP contribution is -2.37. The molecular formula is C27H26F3N3O3S. The lowest BCUT2D eigenvalue weighted by atomic mass is 9.97. The second-order valence-electron chi connectivity index (χ2n) is 8.86. The van der Waals surface area contributed by atoms with Crippen LogP contribution in [0.15, 0.2) is 53.9 Å². The minimum Gasteiger partial charge on any atom is -0.343 e. The van der Waals surface area contributed by atoms with Crippen LogP contribution in [0.5, 0.6) is 0 Å². The van der Waals surface area contributed by atoms with Crippen LogP contribution in [0.25, 0.3) is 11.1 Å². The molecule has 0 aliphatic carbocycles. The van der Waals surface area contributed by atoms with Crippen molar-refractivity contribution in [3.8, 4) is 11.1 Å². The molecule has 2 aromatic carbocycles. The van der Waals surface area contributed by atoms with Gasteiger partial charge >= 0.3 is 6.18 Å². The van der Waals surface area contributed by atoms with Crippen LogP contribution in [0.1, 0.15) is 59.1 Å². The number of thiazole rings is 1. The fraction of sp³-hybridized carbons (Fsp3) is 0.333. The van der Waals surface area contributed by atoms with E-state index in [0.29, 0.717) is 49.2 Å². The summed E-state index contributed by atoms with van der Waals surface area (Å²) in [5.74, 6) is -0.244. The highest BCUT2D eigenvalue weighted by Gasteiger charge is 2.31. The summed E-state index contributed by atoms with van der Waals surface area (Å²) in [4.78, 5) is 42.0. The smallest absolute Gasteiger partial charge is 0.343 e. The minimum atomic E-state index is -4.47. The number of nitrogens with zero attached hydrogens (tertiary/aromatic N) is 2.